The van der Waals surface area contributed by atoms with Crippen LogP contribution in [-0.2, 0) is 26.2 Å². The third kappa shape index (κ3) is 3.50. The second-order valence-corrected chi connectivity index (χ2v) is 8.12. The number of aromatic nitrogens is 4. The van der Waals surface area contributed by atoms with Gasteiger partial charge in [-0.1, -0.05) is 38.1 Å². The Hall–Kier alpha value is -2.70. The Balaban J connectivity index is 1.28. The van der Waals surface area contributed by atoms with Gasteiger partial charge in [-0.15, -0.1) is 0 Å². The SMILES string of the molecule is CCc1nc2ccccc2n1CN1CCN(Cn2c(CC)nc3ccccc32)CC1. The van der Waals surface area contributed by atoms with E-state index in [9.17, 15) is 0 Å². The first-order chi connectivity index (χ1) is 14.8. The molecule has 0 amide bonds. The summed E-state index contributed by atoms with van der Waals surface area (Å²) in [6, 6.07) is 17.0. The van der Waals surface area contributed by atoms with Crippen LogP contribution in [0.25, 0.3) is 22.1 Å². The number of piperazine rings is 1. The summed E-state index contributed by atoms with van der Waals surface area (Å²) < 4.78 is 4.78. The fraction of sp³-hybridized carbons (Fsp3) is 0.417. The number of aryl methyl sites for hydroxylation is 2. The van der Waals surface area contributed by atoms with Crippen LogP contribution in [0.3, 0.4) is 0 Å². The predicted molar refractivity (Wildman–Crippen MR) is 121 cm³/mol. The molecule has 6 nitrogen and oxygen atoms in total. The van der Waals surface area contributed by atoms with Gasteiger partial charge in [0.1, 0.15) is 11.6 Å². The zero-order chi connectivity index (χ0) is 20.5. The fourth-order valence-corrected chi connectivity index (χ4v) is 4.58. The topological polar surface area (TPSA) is 42.1 Å². The molecule has 0 atom stereocenters. The number of benzene rings is 2. The summed E-state index contributed by atoms with van der Waals surface area (Å²) in [6.45, 7) is 10.5. The molecule has 5 rings (SSSR count). The van der Waals surface area contributed by atoms with E-state index in [1.165, 1.54) is 22.7 Å². The van der Waals surface area contributed by atoms with Gasteiger partial charge in [0.05, 0.1) is 35.4 Å². The molecule has 0 saturated carbocycles. The van der Waals surface area contributed by atoms with Crippen molar-refractivity contribution in [2.45, 2.75) is 40.0 Å². The van der Waals surface area contributed by atoms with Gasteiger partial charge in [0.25, 0.3) is 0 Å². The van der Waals surface area contributed by atoms with Crippen LogP contribution in [0.2, 0.25) is 0 Å². The maximum absolute atomic E-state index is 4.83. The van der Waals surface area contributed by atoms with E-state index in [4.69, 9.17) is 9.97 Å². The first kappa shape index (κ1) is 19.3. The zero-order valence-electron chi connectivity index (χ0n) is 18.0. The molecule has 0 unspecified atom stereocenters. The van der Waals surface area contributed by atoms with Crippen molar-refractivity contribution in [1.29, 1.82) is 0 Å². The quantitative estimate of drug-likeness (QED) is 0.493. The third-order valence-electron chi connectivity index (χ3n) is 6.25. The van der Waals surface area contributed by atoms with E-state index in [1.54, 1.807) is 0 Å². The van der Waals surface area contributed by atoms with Crippen molar-refractivity contribution >= 4 is 22.1 Å². The Morgan fingerprint density at radius 3 is 1.43 bits per heavy atom. The Morgan fingerprint density at radius 1 is 0.633 bits per heavy atom. The summed E-state index contributed by atoms with van der Waals surface area (Å²) in [7, 11) is 0. The Morgan fingerprint density at radius 2 is 1.03 bits per heavy atom. The summed E-state index contributed by atoms with van der Waals surface area (Å²) >= 11 is 0. The lowest BCUT2D eigenvalue weighted by Crippen LogP contribution is -2.47. The van der Waals surface area contributed by atoms with E-state index < -0.39 is 0 Å². The highest BCUT2D eigenvalue weighted by molar-refractivity contribution is 5.76. The minimum absolute atomic E-state index is 0.922. The Bertz CT molecular complexity index is 1060. The van der Waals surface area contributed by atoms with E-state index in [0.29, 0.717) is 0 Å². The number of para-hydroxylation sites is 4. The van der Waals surface area contributed by atoms with Crippen molar-refractivity contribution in [2.75, 3.05) is 26.2 Å². The Kier molecular flexibility index (Phi) is 5.27. The van der Waals surface area contributed by atoms with E-state index in [2.05, 4.69) is 81.3 Å². The van der Waals surface area contributed by atoms with E-state index in [1.807, 2.05) is 0 Å². The second-order valence-electron chi connectivity index (χ2n) is 8.12. The molecule has 156 valence electrons. The van der Waals surface area contributed by atoms with Gasteiger partial charge in [0.2, 0.25) is 0 Å². The minimum Gasteiger partial charge on any atom is -0.314 e. The molecular formula is C24H30N6. The average Bonchev–Trinajstić information content (AvgIpc) is 3.33. The smallest absolute Gasteiger partial charge is 0.110 e. The lowest BCUT2D eigenvalue weighted by atomic mass is 10.3. The molecule has 1 saturated heterocycles. The minimum atomic E-state index is 0.922. The van der Waals surface area contributed by atoms with Crippen LogP contribution in [-0.4, -0.2) is 55.1 Å². The molecule has 0 aliphatic carbocycles. The molecule has 1 aliphatic rings. The van der Waals surface area contributed by atoms with E-state index in [0.717, 1.165) is 63.4 Å². The van der Waals surface area contributed by atoms with E-state index >= 15 is 0 Å². The summed E-state index contributed by atoms with van der Waals surface area (Å²) in [4.78, 5) is 14.8. The number of hydrogen-bond donors (Lipinski definition) is 0. The number of rotatable bonds is 6. The molecule has 4 aromatic rings. The van der Waals surface area contributed by atoms with Crippen molar-refractivity contribution in [2.24, 2.45) is 0 Å². The van der Waals surface area contributed by atoms with Crippen molar-refractivity contribution in [1.82, 2.24) is 28.9 Å². The first-order valence-corrected chi connectivity index (χ1v) is 11.1. The zero-order valence-corrected chi connectivity index (χ0v) is 18.0. The van der Waals surface area contributed by atoms with Crippen molar-refractivity contribution in [3.63, 3.8) is 0 Å². The molecule has 1 fully saturated rings. The van der Waals surface area contributed by atoms with Crippen molar-refractivity contribution in [3.05, 3.63) is 60.2 Å². The maximum atomic E-state index is 4.83. The van der Waals surface area contributed by atoms with Crippen LogP contribution in [0.1, 0.15) is 25.5 Å². The average molecular weight is 403 g/mol. The van der Waals surface area contributed by atoms with Gasteiger partial charge in [0, 0.05) is 39.0 Å². The molecule has 0 radical (unpaired) electrons. The van der Waals surface area contributed by atoms with Gasteiger partial charge < -0.3 is 9.13 Å². The second kappa shape index (κ2) is 8.20. The lowest BCUT2D eigenvalue weighted by molar-refractivity contribution is 0.0878. The highest BCUT2D eigenvalue weighted by Crippen LogP contribution is 2.20. The first-order valence-electron chi connectivity index (χ1n) is 11.1. The monoisotopic (exact) mass is 402 g/mol. The fourth-order valence-electron chi connectivity index (χ4n) is 4.58. The van der Waals surface area contributed by atoms with Gasteiger partial charge in [-0.2, -0.15) is 0 Å². The molecule has 2 aromatic carbocycles. The van der Waals surface area contributed by atoms with Crippen molar-refractivity contribution < 1.29 is 0 Å². The molecule has 30 heavy (non-hydrogen) atoms. The van der Waals surface area contributed by atoms with Crippen LogP contribution in [0.4, 0.5) is 0 Å². The molecule has 0 N–H and O–H groups in total. The largest absolute Gasteiger partial charge is 0.314 e. The van der Waals surface area contributed by atoms with Gasteiger partial charge in [-0.25, -0.2) is 9.97 Å². The molecule has 0 spiro atoms. The molecule has 1 aliphatic heterocycles. The molecule has 0 bridgehead atoms. The molecular weight excluding hydrogens is 372 g/mol. The van der Waals surface area contributed by atoms with Crippen LogP contribution in [0.15, 0.2) is 48.5 Å². The summed E-state index contributed by atoms with van der Waals surface area (Å²) in [5.74, 6) is 2.35. The number of imidazole rings is 2. The van der Waals surface area contributed by atoms with Gasteiger partial charge in [-0.05, 0) is 24.3 Å². The normalized spacial score (nSPS) is 16.1. The standard InChI is InChI=1S/C24H30N6/c1-3-23-25-19-9-5-7-11-21(19)29(23)17-27-13-15-28(16-14-27)18-30-22-12-8-6-10-20(22)26-24(30)4-2/h5-12H,3-4,13-18H2,1-2H3. The van der Waals surface area contributed by atoms with Gasteiger partial charge >= 0.3 is 0 Å². The van der Waals surface area contributed by atoms with Crippen LogP contribution in [0.5, 0.6) is 0 Å². The number of nitrogens with zero attached hydrogens (tertiary/aromatic N) is 6. The number of fused-ring (bicyclic) bond motifs is 2. The predicted octanol–water partition coefficient (Wildman–Crippen LogP) is 3.74. The van der Waals surface area contributed by atoms with Gasteiger partial charge in [-0.3, -0.25) is 9.80 Å². The molecule has 3 heterocycles. The summed E-state index contributed by atoms with van der Waals surface area (Å²) in [5, 5.41) is 0. The van der Waals surface area contributed by atoms with Crippen LogP contribution in [0, 0.1) is 0 Å². The molecule has 6 heteroatoms. The third-order valence-corrected chi connectivity index (χ3v) is 6.25. The van der Waals surface area contributed by atoms with Gasteiger partial charge in [0.15, 0.2) is 0 Å². The molecule has 2 aromatic heterocycles. The van der Waals surface area contributed by atoms with Crippen LogP contribution >= 0.6 is 0 Å². The van der Waals surface area contributed by atoms with Crippen molar-refractivity contribution in [3.8, 4) is 0 Å². The highest BCUT2D eigenvalue weighted by atomic mass is 15.4. The van der Waals surface area contributed by atoms with E-state index in [-0.39, 0.29) is 0 Å². The summed E-state index contributed by atoms with van der Waals surface area (Å²) in [5.41, 5.74) is 4.70. The number of hydrogen-bond acceptors (Lipinski definition) is 4. The highest BCUT2D eigenvalue weighted by Gasteiger charge is 2.20. The summed E-state index contributed by atoms with van der Waals surface area (Å²) in [6.07, 6.45) is 1.92. The lowest BCUT2D eigenvalue weighted by Gasteiger charge is -2.35. The Labute approximate surface area is 177 Å². The maximum Gasteiger partial charge on any atom is 0.110 e. The van der Waals surface area contributed by atoms with Crippen LogP contribution < -0.4 is 0 Å².